The zero-order valence-corrected chi connectivity index (χ0v) is 21.7. The van der Waals surface area contributed by atoms with Gasteiger partial charge in [-0.3, -0.25) is 0 Å². The molecule has 3 unspecified atom stereocenters. The van der Waals surface area contributed by atoms with Gasteiger partial charge in [-0.1, -0.05) is 107 Å². The minimum Gasteiger partial charge on any atom is -0.321 e. The first kappa shape index (κ1) is 24.1. The number of rotatable bonds is 9. The number of allylic oxidation sites excluding steroid dienone is 7. The van der Waals surface area contributed by atoms with Gasteiger partial charge in [-0.15, -0.1) is 0 Å². The van der Waals surface area contributed by atoms with Crippen molar-refractivity contribution in [2.75, 3.05) is 0 Å². The molecule has 0 amide bonds. The summed E-state index contributed by atoms with van der Waals surface area (Å²) in [6.07, 6.45) is 7.64. The molecule has 176 valence electrons. The summed E-state index contributed by atoms with van der Waals surface area (Å²) in [6.45, 7) is 22.1. The van der Waals surface area contributed by atoms with Gasteiger partial charge in [0.05, 0.1) is 0 Å². The van der Waals surface area contributed by atoms with Gasteiger partial charge in [0.25, 0.3) is 0 Å². The SMILES string of the molecule is C=C/C(=C\C(C)=C/N1C(C)=C1C(CC)C1C(=C)C1(C)C)c1ccc(C(C)c2ccccc2)cc1. The summed E-state index contributed by atoms with van der Waals surface area (Å²) in [7, 11) is 0. The van der Waals surface area contributed by atoms with Crippen LogP contribution in [0.1, 0.15) is 70.6 Å². The maximum atomic E-state index is 4.33. The van der Waals surface area contributed by atoms with Crippen LogP contribution in [0.25, 0.3) is 5.57 Å². The van der Waals surface area contributed by atoms with E-state index in [2.05, 4.69) is 126 Å². The molecule has 0 bridgehead atoms. The molecule has 1 saturated carbocycles. The average Bonchev–Trinajstić information content (AvgIpc) is 3.63. The summed E-state index contributed by atoms with van der Waals surface area (Å²) in [5, 5.41) is 0. The molecule has 3 atom stereocenters. The molecule has 1 heterocycles. The van der Waals surface area contributed by atoms with Gasteiger partial charge in [0.2, 0.25) is 0 Å². The first-order valence-corrected chi connectivity index (χ1v) is 12.6. The lowest BCUT2D eigenvalue weighted by Crippen LogP contribution is -2.09. The molecule has 0 spiro atoms. The monoisotopic (exact) mass is 449 g/mol. The van der Waals surface area contributed by atoms with Crippen molar-refractivity contribution in [2.45, 2.75) is 53.9 Å². The van der Waals surface area contributed by atoms with Crippen LogP contribution in [0.4, 0.5) is 0 Å². The highest BCUT2D eigenvalue weighted by Gasteiger charge is 2.57. The second-order valence-electron chi connectivity index (χ2n) is 10.5. The molecule has 1 heteroatoms. The molecule has 1 nitrogen and oxygen atoms in total. The van der Waals surface area contributed by atoms with Gasteiger partial charge in [-0.25, -0.2) is 0 Å². The molecule has 1 aliphatic heterocycles. The van der Waals surface area contributed by atoms with Crippen molar-refractivity contribution >= 4 is 5.57 Å². The highest BCUT2D eigenvalue weighted by atomic mass is 15.3. The van der Waals surface area contributed by atoms with Crippen LogP contribution in [0.5, 0.6) is 0 Å². The van der Waals surface area contributed by atoms with Crippen molar-refractivity contribution in [3.05, 3.63) is 125 Å². The highest BCUT2D eigenvalue weighted by Crippen LogP contribution is 2.64. The summed E-state index contributed by atoms with van der Waals surface area (Å²) >= 11 is 0. The fraction of sp³-hybridized carbons (Fsp3) is 0.333. The quantitative estimate of drug-likeness (QED) is 0.272. The van der Waals surface area contributed by atoms with Gasteiger partial charge in [0.1, 0.15) is 0 Å². The van der Waals surface area contributed by atoms with Crippen LogP contribution >= 0.6 is 0 Å². The van der Waals surface area contributed by atoms with Gasteiger partial charge in [0, 0.05) is 29.4 Å². The van der Waals surface area contributed by atoms with Crippen LogP contribution in [-0.4, -0.2) is 4.90 Å². The highest BCUT2D eigenvalue weighted by molar-refractivity contribution is 5.75. The third-order valence-electron chi connectivity index (χ3n) is 8.01. The van der Waals surface area contributed by atoms with Crippen LogP contribution in [-0.2, 0) is 0 Å². The smallest absolute Gasteiger partial charge is 0.0456 e. The van der Waals surface area contributed by atoms with Gasteiger partial charge < -0.3 is 4.90 Å². The maximum absolute atomic E-state index is 4.33. The zero-order valence-electron chi connectivity index (χ0n) is 21.7. The topological polar surface area (TPSA) is 3.01 Å². The lowest BCUT2D eigenvalue weighted by molar-refractivity contribution is 0.415. The number of benzene rings is 2. The largest absolute Gasteiger partial charge is 0.321 e. The zero-order chi connectivity index (χ0) is 24.6. The molecule has 4 rings (SSSR count). The van der Waals surface area contributed by atoms with Crippen molar-refractivity contribution in [3.8, 4) is 0 Å². The molecule has 2 aliphatic rings. The molecule has 1 aliphatic carbocycles. The third kappa shape index (κ3) is 4.49. The summed E-state index contributed by atoms with van der Waals surface area (Å²) in [5.41, 5.74) is 10.8. The second kappa shape index (κ2) is 9.29. The van der Waals surface area contributed by atoms with E-state index in [0.717, 1.165) is 12.0 Å². The van der Waals surface area contributed by atoms with E-state index in [0.29, 0.717) is 17.8 Å². The summed E-state index contributed by atoms with van der Waals surface area (Å²) in [6, 6.07) is 19.6. The van der Waals surface area contributed by atoms with E-state index in [9.17, 15) is 0 Å². The lowest BCUT2D eigenvalue weighted by atomic mass is 9.91. The van der Waals surface area contributed by atoms with Gasteiger partial charge in [-0.2, -0.15) is 0 Å². The molecule has 0 radical (unpaired) electrons. The Kier molecular flexibility index (Phi) is 6.58. The number of hydrogen-bond acceptors (Lipinski definition) is 1. The standard InChI is InChI=1S/C33H39N/c1-9-26(29-18-16-28(17-19-29)23(4)27-14-12-11-13-15-27)20-22(3)21-34-25(6)32(34)30(10-2)31-24(5)33(31,7)8/h9,11-21,23,30-31H,1,5,10H2,2-4,6-8H3/b22-21-,26-20+. The summed E-state index contributed by atoms with van der Waals surface area (Å²) in [4.78, 5) is 2.38. The maximum Gasteiger partial charge on any atom is 0.0456 e. The van der Waals surface area contributed by atoms with Crippen molar-refractivity contribution in [1.82, 2.24) is 4.90 Å². The molecule has 34 heavy (non-hydrogen) atoms. The summed E-state index contributed by atoms with van der Waals surface area (Å²) < 4.78 is 0. The Labute approximate surface area is 206 Å². The lowest BCUT2D eigenvalue weighted by Gasteiger charge is -2.15. The van der Waals surface area contributed by atoms with E-state index < -0.39 is 0 Å². The molecule has 0 saturated heterocycles. The molecule has 2 aromatic rings. The van der Waals surface area contributed by atoms with E-state index in [4.69, 9.17) is 0 Å². The fourth-order valence-electron chi connectivity index (χ4n) is 5.55. The van der Waals surface area contributed by atoms with E-state index in [1.807, 2.05) is 6.08 Å². The van der Waals surface area contributed by atoms with E-state index >= 15 is 0 Å². The van der Waals surface area contributed by atoms with Gasteiger partial charge in [-0.05, 0) is 65.5 Å². The van der Waals surface area contributed by atoms with Crippen LogP contribution in [0.15, 0.2) is 109 Å². The van der Waals surface area contributed by atoms with Gasteiger partial charge in [0.15, 0.2) is 0 Å². The number of hydrogen-bond donors (Lipinski definition) is 0. The number of nitrogens with zero attached hydrogens (tertiary/aromatic N) is 1. The van der Waals surface area contributed by atoms with E-state index in [1.165, 1.54) is 39.2 Å². The van der Waals surface area contributed by atoms with Crippen LogP contribution in [0.3, 0.4) is 0 Å². The molecular weight excluding hydrogens is 410 g/mol. The van der Waals surface area contributed by atoms with Crippen molar-refractivity contribution in [2.24, 2.45) is 17.3 Å². The van der Waals surface area contributed by atoms with E-state index in [-0.39, 0.29) is 5.41 Å². The third-order valence-corrected chi connectivity index (χ3v) is 8.01. The Morgan fingerprint density at radius 1 is 1.06 bits per heavy atom. The second-order valence-corrected chi connectivity index (χ2v) is 10.5. The van der Waals surface area contributed by atoms with E-state index in [1.54, 1.807) is 0 Å². The minimum absolute atomic E-state index is 0.279. The Bertz CT molecular complexity index is 1170. The van der Waals surface area contributed by atoms with Crippen LogP contribution in [0, 0.1) is 17.3 Å². The Morgan fingerprint density at radius 2 is 1.65 bits per heavy atom. The first-order valence-electron chi connectivity index (χ1n) is 12.6. The van der Waals surface area contributed by atoms with Gasteiger partial charge >= 0.3 is 0 Å². The predicted octanol–water partition coefficient (Wildman–Crippen LogP) is 9.10. The molecule has 0 aromatic heterocycles. The summed E-state index contributed by atoms with van der Waals surface area (Å²) in [5.74, 6) is 1.56. The fourth-order valence-corrected chi connectivity index (χ4v) is 5.55. The Hall–Kier alpha value is -3.06. The predicted molar refractivity (Wildman–Crippen MR) is 147 cm³/mol. The molecular formula is C33H39N. The Morgan fingerprint density at radius 3 is 2.18 bits per heavy atom. The van der Waals surface area contributed by atoms with Crippen molar-refractivity contribution in [3.63, 3.8) is 0 Å². The first-order chi connectivity index (χ1) is 16.2. The minimum atomic E-state index is 0.279. The van der Waals surface area contributed by atoms with Crippen molar-refractivity contribution < 1.29 is 0 Å². The average molecular weight is 450 g/mol. The van der Waals surface area contributed by atoms with Crippen LogP contribution < -0.4 is 0 Å². The molecule has 2 aromatic carbocycles. The molecule has 0 N–H and O–H groups in total. The Balaban J connectivity index is 1.47. The van der Waals surface area contributed by atoms with Crippen molar-refractivity contribution in [1.29, 1.82) is 0 Å². The molecule has 1 fully saturated rings. The normalized spacial score (nSPS) is 21.4. The van der Waals surface area contributed by atoms with Crippen LogP contribution in [0.2, 0.25) is 0 Å².